The van der Waals surface area contributed by atoms with E-state index < -0.39 is 19.8 Å². The minimum Gasteiger partial charge on any atom is -0.445 e. The second kappa shape index (κ2) is 19.9. The summed E-state index contributed by atoms with van der Waals surface area (Å²) in [4.78, 5) is 56.1. The molecular formula is C25H41N4O10P. The van der Waals surface area contributed by atoms with Gasteiger partial charge in [-0.15, -0.1) is 0 Å². The van der Waals surface area contributed by atoms with Crippen molar-refractivity contribution in [3.05, 3.63) is 29.8 Å². The molecule has 40 heavy (non-hydrogen) atoms. The van der Waals surface area contributed by atoms with E-state index in [0.717, 1.165) is 6.66 Å². The molecular weight excluding hydrogens is 547 g/mol. The van der Waals surface area contributed by atoms with Crippen LogP contribution in [0.25, 0.3) is 0 Å². The van der Waals surface area contributed by atoms with Crippen LogP contribution in [-0.4, -0.2) is 86.0 Å². The van der Waals surface area contributed by atoms with Gasteiger partial charge in [0, 0.05) is 44.9 Å². The average molecular weight is 589 g/mol. The number of carbonyl (C=O) groups excluding carboxylic acids is 4. The van der Waals surface area contributed by atoms with E-state index in [1.807, 2.05) is 6.92 Å². The van der Waals surface area contributed by atoms with E-state index in [4.69, 9.17) is 14.4 Å². The Kier molecular flexibility index (Phi) is 17.4. The normalized spacial score (nSPS) is 13.0. The number of unbranched alkanes of at least 4 members (excludes halogenated alkanes) is 1. The molecule has 0 spiro atoms. The van der Waals surface area contributed by atoms with E-state index in [1.165, 1.54) is 0 Å². The highest BCUT2D eigenvalue weighted by Gasteiger charge is 2.14. The highest BCUT2D eigenvalue weighted by Crippen LogP contribution is 2.36. The number of benzene rings is 1. The van der Waals surface area contributed by atoms with Gasteiger partial charge in [0.05, 0.1) is 19.8 Å². The maximum absolute atomic E-state index is 12.1. The number of carbonyl (C=O) groups is 4. The third-order valence-corrected chi connectivity index (χ3v) is 5.66. The van der Waals surface area contributed by atoms with Crippen LogP contribution in [0.1, 0.15) is 44.6 Å². The molecule has 226 valence electrons. The molecule has 15 heteroatoms. The highest BCUT2D eigenvalue weighted by molar-refractivity contribution is 7.51. The second-order valence-electron chi connectivity index (χ2n) is 8.87. The van der Waals surface area contributed by atoms with Crippen molar-refractivity contribution in [1.29, 1.82) is 0 Å². The minimum atomic E-state index is -3.65. The van der Waals surface area contributed by atoms with E-state index >= 15 is 0 Å². The molecule has 1 aromatic rings. The Morgan fingerprint density at radius 3 is 2.20 bits per heavy atom. The molecule has 14 nitrogen and oxygen atoms in total. The summed E-state index contributed by atoms with van der Waals surface area (Å²) in [7, 11) is -3.65. The zero-order valence-electron chi connectivity index (χ0n) is 23.0. The molecule has 0 aromatic heterocycles. The predicted molar refractivity (Wildman–Crippen MR) is 147 cm³/mol. The van der Waals surface area contributed by atoms with Gasteiger partial charge in [0.25, 0.3) is 0 Å². The van der Waals surface area contributed by atoms with E-state index in [2.05, 4.69) is 25.8 Å². The van der Waals surface area contributed by atoms with Crippen molar-refractivity contribution in [3.63, 3.8) is 0 Å². The van der Waals surface area contributed by atoms with Crippen LogP contribution in [-0.2, 0) is 39.6 Å². The summed E-state index contributed by atoms with van der Waals surface area (Å²) in [5, 5.41) is 20.0. The van der Waals surface area contributed by atoms with Crippen molar-refractivity contribution in [2.24, 2.45) is 0 Å². The molecule has 0 bridgehead atoms. The first kappa shape index (κ1) is 35.0. The zero-order valence-corrected chi connectivity index (χ0v) is 23.9. The van der Waals surface area contributed by atoms with Crippen LogP contribution in [0.15, 0.2) is 24.3 Å². The second-order valence-corrected chi connectivity index (χ2v) is 10.7. The molecule has 0 saturated carbocycles. The number of ether oxygens (including phenoxy) is 2. The molecule has 0 aliphatic heterocycles. The number of hydrogen-bond acceptors (Lipinski definition) is 9. The van der Waals surface area contributed by atoms with Gasteiger partial charge in [0.1, 0.15) is 12.7 Å². The Labute approximate surface area is 234 Å². The van der Waals surface area contributed by atoms with E-state index in [9.17, 15) is 28.8 Å². The van der Waals surface area contributed by atoms with Gasteiger partial charge in [-0.1, -0.05) is 12.1 Å². The molecule has 0 saturated heterocycles. The van der Waals surface area contributed by atoms with Crippen molar-refractivity contribution in [1.82, 2.24) is 16.0 Å². The lowest BCUT2D eigenvalue weighted by atomic mass is 10.2. The Morgan fingerprint density at radius 1 is 0.925 bits per heavy atom. The molecule has 4 amide bonds. The average Bonchev–Trinajstić information content (AvgIpc) is 2.90. The topological polar surface area (TPSA) is 202 Å². The third-order valence-electron chi connectivity index (χ3n) is 5.04. The van der Waals surface area contributed by atoms with Gasteiger partial charge in [-0.25, -0.2) is 4.79 Å². The quantitative estimate of drug-likeness (QED) is 0.0951. The van der Waals surface area contributed by atoms with E-state index in [1.54, 1.807) is 24.3 Å². The first-order chi connectivity index (χ1) is 19.0. The lowest BCUT2D eigenvalue weighted by Crippen LogP contribution is -2.32. The van der Waals surface area contributed by atoms with E-state index in [0.29, 0.717) is 43.5 Å². The van der Waals surface area contributed by atoms with Crippen molar-refractivity contribution < 1.29 is 47.7 Å². The zero-order chi connectivity index (χ0) is 29.8. The summed E-state index contributed by atoms with van der Waals surface area (Å²) >= 11 is 0. The van der Waals surface area contributed by atoms with Crippen LogP contribution in [0, 0.1) is 0 Å². The maximum Gasteiger partial charge on any atom is 0.407 e. The number of alkyl carbamates (subject to hydrolysis) is 1. The number of nitrogens with one attached hydrogen (secondary N) is 4. The predicted octanol–water partition coefficient (Wildman–Crippen LogP) is 1.26. The van der Waals surface area contributed by atoms with Crippen LogP contribution in [0.5, 0.6) is 0 Å². The fraction of sp³-hybridized carbons (Fsp3) is 0.600. The highest BCUT2D eigenvalue weighted by atomic mass is 31.2. The molecule has 0 aliphatic carbocycles. The Morgan fingerprint density at radius 2 is 1.57 bits per heavy atom. The molecule has 0 fully saturated rings. The largest absolute Gasteiger partial charge is 0.445 e. The Bertz CT molecular complexity index is 971. The summed E-state index contributed by atoms with van der Waals surface area (Å²) in [5.74, 6) is -0.689. The standard InChI is InChI=1S/C25H41N4O10P/c1-3-26-22(31)7-4-5-8-23(32)28-15-24(33)29-20-11-9-19(10-12-20)16-38-25(34)27-13-6-14-37-17-21(30)18-39-40(2,35)36/h9-12,21,30H,3-8,13-18H2,1-2H3,(H,26,31)(H,27,34)(H,28,32)(H,29,33)(H,35,36). The summed E-state index contributed by atoms with van der Waals surface area (Å²) in [6, 6.07) is 6.67. The third kappa shape index (κ3) is 19.1. The number of anilines is 1. The number of hydrogen-bond donors (Lipinski definition) is 6. The van der Waals surface area contributed by atoms with Crippen molar-refractivity contribution >= 4 is 37.1 Å². The fourth-order valence-corrected chi connectivity index (χ4v) is 3.52. The van der Waals surface area contributed by atoms with Gasteiger partial charge in [-0.3, -0.25) is 18.9 Å². The smallest absolute Gasteiger partial charge is 0.407 e. The number of amides is 4. The number of aliphatic hydroxyl groups is 1. The fourth-order valence-electron chi connectivity index (χ4n) is 3.07. The first-order valence-electron chi connectivity index (χ1n) is 13.0. The minimum absolute atomic E-state index is 0.0189. The number of rotatable bonds is 20. The Balaban J connectivity index is 2.14. The summed E-state index contributed by atoms with van der Waals surface area (Å²) in [6.07, 6.45) is 0.562. The lowest BCUT2D eigenvalue weighted by molar-refractivity contribution is -0.124. The van der Waals surface area contributed by atoms with Crippen LogP contribution in [0.3, 0.4) is 0 Å². The maximum atomic E-state index is 12.1. The molecule has 0 heterocycles. The van der Waals surface area contributed by atoms with Crippen LogP contribution < -0.4 is 21.3 Å². The van der Waals surface area contributed by atoms with Gasteiger partial charge < -0.3 is 45.3 Å². The van der Waals surface area contributed by atoms with Crippen molar-refractivity contribution in [2.45, 2.75) is 51.7 Å². The van der Waals surface area contributed by atoms with Gasteiger partial charge in [-0.2, -0.15) is 0 Å². The molecule has 2 atom stereocenters. The Hall–Kier alpha value is -3.03. The number of aliphatic hydroxyl groups excluding tert-OH is 1. The summed E-state index contributed by atoms with van der Waals surface area (Å²) < 4.78 is 25.9. The monoisotopic (exact) mass is 588 g/mol. The summed E-state index contributed by atoms with van der Waals surface area (Å²) in [5.41, 5.74) is 1.22. The molecule has 2 unspecified atom stereocenters. The van der Waals surface area contributed by atoms with Crippen LogP contribution in [0.2, 0.25) is 0 Å². The van der Waals surface area contributed by atoms with Gasteiger partial charge in [0.15, 0.2) is 0 Å². The van der Waals surface area contributed by atoms with Gasteiger partial charge in [0.2, 0.25) is 17.7 Å². The van der Waals surface area contributed by atoms with Crippen molar-refractivity contribution in [2.75, 3.05) is 51.4 Å². The van der Waals surface area contributed by atoms with Crippen LogP contribution >= 0.6 is 7.60 Å². The summed E-state index contributed by atoms with van der Waals surface area (Å²) in [6.45, 7) is 3.43. The molecule has 6 N–H and O–H groups in total. The van der Waals surface area contributed by atoms with E-state index in [-0.39, 0.29) is 63.7 Å². The van der Waals surface area contributed by atoms with Crippen LogP contribution in [0.4, 0.5) is 10.5 Å². The lowest BCUT2D eigenvalue weighted by Gasteiger charge is -2.13. The molecule has 1 aromatic carbocycles. The molecule has 1 rings (SSSR count). The molecule has 0 aliphatic rings. The van der Waals surface area contributed by atoms with Gasteiger partial charge in [-0.05, 0) is 43.9 Å². The first-order valence-corrected chi connectivity index (χ1v) is 15.0. The molecule has 0 radical (unpaired) electrons. The SMILES string of the molecule is CCNC(=O)CCCCC(=O)NCC(=O)Nc1ccc(COC(=O)NCCCOCC(O)COP(C)(=O)O)cc1. The van der Waals surface area contributed by atoms with Gasteiger partial charge >= 0.3 is 13.7 Å². The van der Waals surface area contributed by atoms with Crippen molar-refractivity contribution in [3.8, 4) is 0 Å².